The van der Waals surface area contributed by atoms with Crippen LogP contribution in [0, 0.1) is 23.1 Å². The quantitative estimate of drug-likeness (QED) is 0.214. The Morgan fingerprint density at radius 2 is 1.65 bits per heavy atom. The molecule has 2 bridgehead atoms. The maximum absolute atomic E-state index is 15.6. The second-order valence-electron chi connectivity index (χ2n) is 16.6. The van der Waals surface area contributed by atoms with Crippen molar-refractivity contribution in [2.24, 2.45) is 17.3 Å². The zero-order valence-electron chi connectivity index (χ0n) is 31.6. The Hall–Kier alpha value is -3.84. The van der Waals surface area contributed by atoms with Gasteiger partial charge < -0.3 is 38.9 Å². The lowest BCUT2D eigenvalue weighted by atomic mass is 9.43. The Bertz CT molecular complexity index is 1650. The largest absolute Gasteiger partial charge is 0.497 e. The number of para-hydroxylation sites is 1. The summed E-state index contributed by atoms with van der Waals surface area (Å²) in [7, 11) is 1.94. The van der Waals surface area contributed by atoms with Crippen molar-refractivity contribution in [3.05, 3.63) is 58.9 Å². The third-order valence-corrected chi connectivity index (χ3v) is 10.4. The number of hydrogen-bond acceptors (Lipinski definition) is 9. The van der Waals surface area contributed by atoms with Crippen molar-refractivity contribution in [1.82, 2.24) is 10.6 Å². The molecule has 51 heavy (non-hydrogen) atoms. The lowest BCUT2D eigenvalue weighted by Gasteiger charge is -2.64. The SMILES string of the molecule is COc1ccc(C(NC(=O)OC(C)(C)C)C(=O)N[C@@H](Cc2cccc(C(=O)OC(C)(C)C)c2OC)B2O[C@@H]3C[C@@H]4C[C@@H](C4(C)C)[C@]3(C)O2)c(F)c1. The lowest BCUT2D eigenvalue weighted by Crippen LogP contribution is -2.65. The van der Waals surface area contributed by atoms with Crippen LogP contribution >= 0.6 is 0 Å². The third kappa shape index (κ3) is 7.99. The molecule has 6 atom stereocenters. The Morgan fingerprint density at radius 3 is 2.24 bits per heavy atom. The van der Waals surface area contributed by atoms with Crippen molar-refractivity contribution < 1.29 is 47.0 Å². The molecule has 4 fully saturated rings. The Balaban J connectivity index is 1.52. The van der Waals surface area contributed by atoms with Crippen LogP contribution < -0.4 is 20.1 Å². The molecule has 3 saturated carbocycles. The van der Waals surface area contributed by atoms with Gasteiger partial charge in [-0.25, -0.2) is 14.0 Å². The molecule has 0 spiro atoms. The second kappa shape index (κ2) is 13.9. The molecule has 1 aliphatic heterocycles. The summed E-state index contributed by atoms with van der Waals surface area (Å²) in [5, 5.41) is 5.57. The minimum atomic E-state index is -1.51. The topological polar surface area (TPSA) is 131 Å². The summed E-state index contributed by atoms with van der Waals surface area (Å²) < 4.78 is 51.0. The Labute approximate surface area is 300 Å². The van der Waals surface area contributed by atoms with E-state index in [2.05, 4.69) is 31.4 Å². The molecule has 278 valence electrons. The lowest BCUT2D eigenvalue weighted by molar-refractivity contribution is -0.199. The van der Waals surface area contributed by atoms with Gasteiger partial charge in [-0.2, -0.15) is 0 Å². The van der Waals surface area contributed by atoms with Crippen molar-refractivity contribution in [3.63, 3.8) is 0 Å². The molecule has 1 unspecified atom stereocenters. The van der Waals surface area contributed by atoms with E-state index in [1.54, 1.807) is 59.7 Å². The van der Waals surface area contributed by atoms with Gasteiger partial charge in [-0.3, -0.25) is 4.79 Å². The van der Waals surface area contributed by atoms with Gasteiger partial charge in [-0.05, 0) is 109 Å². The average Bonchev–Trinajstić information content (AvgIpc) is 3.38. The van der Waals surface area contributed by atoms with Gasteiger partial charge >= 0.3 is 19.2 Å². The number of amides is 2. The molecule has 0 radical (unpaired) electrons. The molecular weight excluding hydrogens is 658 g/mol. The fourth-order valence-corrected chi connectivity index (χ4v) is 7.85. The summed E-state index contributed by atoms with van der Waals surface area (Å²) in [5.74, 6) is -1.67. The highest BCUT2D eigenvalue weighted by molar-refractivity contribution is 6.48. The van der Waals surface area contributed by atoms with E-state index >= 15 is 4.39 Å². The second-order valence-corrected chi connectivity index (χ2v) is 16.6. The molecule has 11 nitrogen and oxygen atoms in total. The predicted octanol–water partition coefficient (Wildman–Crippen LogP) is 6.36. The van der Waals surface area contributed by atoms with Crippen LogP contribution in [0.2, 0.25) is 0 Å². The molecule has 4 aliphatic rings. The number of carbonyl (C=O) groups excluding carboxylic acids is 3. The molecule has 6 rings (SSSR count). The zero-order valence-corrected chi connectivity index (χ0v) is 31.6. The van der Waals surface area contributed by atoms with E-state index in [4.69, 9.17) is 28.3 Å². The van der Waals surface area contributed by atoms with Gasteiger partial charge in [-0.15, -0.1) is 0 Å². The smallest absolute Gasteiger partial charge is 0.482 e. The zero-order chi connectivity index (χ0) is 37.7. The Kier molecular flexibility index (Phi) is 10.5. The van der Waals surface area contributed by atoms with E-state index in [1.807, 2.05) is 0 Å². The van der Waals surface area contributed by atoms with Gasteiger partial charge in [0.2, 0.25) is 5.91 Å². The summed E-state index contributed by atoms with van der Waals surface area (Å²) in [4.78, 5) is 40.6. The number of esters is 1. The van der Waals surface area contributed by atoms with Crippen LogP contribution in [-0.4, -0.2) is 68.2 Å². The maximum atomic E-state index is 15.6. The summed E-state index contributed by atoms with van der Waals surface area (Å²) in [5.41, 5.74) is -1.46. The normalized spacial score (nSPS) is 24.7. The summed E-state index contributed by atoms with van der Waals surface area (Å²) in [6.45, 7) is 17.0. The van der Waals surface area contributed by atoms with E-state index in [0.29, 0.717) is 11.5 Å². The first-order valence-corrected chi connectivity index (χ1v) is 17.5. The minimum absolute atomic E-state index is 0.0710. The highest BCUT2D eigenvalue weighted by Crippen LogP contribution is 2.65. The van der Waals surface area contributed by atoms with Crippen LogP contribution in [0.4, 0.5) is 9.18 Å². The van der Waals surface area contributed by atoms with Crippen LogP contribution in [0.5, 0.6) is 11.5 Å². The third-order valence-electron chi connectivity index (χ3n) is 10.4. The van der Waals surface area contributed by atoms with Gasteiger partial charge in [0.15, 0.2) is 0 Å². The minimum Gasteiger partial charge on any atom is -0.497 e. The predicted molar refractivity (Wildman–Crippen MR) is 189 cm³/mol. The highest BCUT2D eigenvalue weighted by Gasteiger charge is 2.68. The van der Waals surface area contributed by atoms with E-state index in [9.17, 15) is 14.4 Å². The molecule has 1 saturated heterocycles. The summed E-state index contributed by atoms with van der Waals surface area (Å²) >= 11 is 0. The van der Waals surface area contributed by atoms with Gasteiger partial charge in [0.1, 0.15) is 40.1 Å². The monoisotopic (exact) mass is 710 g/mol. The van der Waals surface area contributed by atoms with Crippen molar-refractivity contribution in [1.29, 1.82) is 0 Å². The first-order chi connectivity index (χ1) is 23.7. The average molecular weight is 711 g/mol. The van der Waals surface area contributed by atoms with Gasteiger partial charge in [0.25, 0.3) is 0 Å². The number of alkyl carbamates (subject to hydrolysis) is 1. The first-order valence-electron chi connectivity index (χ1n) is 17.5. The van der Waals surface area contributed by atoms with E-state index < -0.39 is 59.7 Å². The standard InChI is InChI=1S/C38H52BFN2O9/c1-35(2,3)48-33(44)25-14-12-13-21(31(25)47-11)17-29(39-50-28-19-22-18-27(37(22,7)8)38(28,9)51-39)41-32(43)30(42-34(45)49-36(4,5)6)24-16-15-23(46-10)20-26(24)40/h12-16,20,22,27-30H,17-19H2,1-11H3,(H,41,43)(H,42,45)/t22-,27-,28+,29-,30?,38-/m0/s1. The van der Waals surface area contributed by atoms with Crippen molar-refractivity contribution in [2.45, 2.75) is 116 Å². The number of benzene rings is 2. The van der Waals surface area contributed by atoms with Crippen LogP contribution in [0.25, 0.3) is 0 Å². The number of rotatable bonds is 10. The molecule has 13 heteroatoms. The number of halogens is 1. The van der Waals surface area contributed by atoms with Crippen LogP contribution in [0.3, 0.4) is 0 Å². The van der Waals surface area contributed by atoms with E-state index in [-0.39, 0.29) is 46.5 Å². The van der Waals surface area contributed by atoms with Crippen LogP contribution in [0.15, 0.2) is 36.4 Å². The van der Waals surface area contributed by atoms with Gasteiger partial charge in [-0.1, -0.05) is 26.0 Å². The number of carbonyl (C=O) groups is 3. The summed E-state index contributed by atoms with van der Waals surface area (Å²) in [6.07, 6.45) is 0.825. The molecular formula is C38H52BFN2O9. The number of methoxy groups -OCH3 is 2. The molecule has 0 aromatic heterocycles. The van der Waals surface area contributed by atoms with Crippen molar-refractivity contribution in [2.75, 3.05) is 14.2 Å². The fourth-order valence-electron chi connectivity index (χ4n) is 7.85. The fraction of sp³-hybridized carbons (Fsp3) is 0.605. The molecule has 2 N–H and O–H groups in total. The molecule has 2 aromatic carbocycles. The van der Waals surface area contributed by atoms with Gasteiger partial charge in [0, 0.05) is 11.6 Å². The number of hydrogen-bond donors (Lipinski definition) is 2. The van der Waals surface area contributed by atoms with E-state index in [0.717, 1.165) is 18.9 Å². The molecule has 3 aliphatic carbocycles. The van der Waals surface area contributed by atoms with Crippen LogP contribution in [-0.2, 0) is 30.0 Å². The van der Waals surface area contributed by atoms with Gasteiger partial charge in [0.05, 0.1) is 31.9 Å². The molecule has 1 heterocycles. The van der Waals surface area contributed by atoms with Crippen LogP contribution in [0.1, 0.15) is 103 Å². The van der Waals surface area contributed by atoms with Crippen molar-refractivity contribution >= 4 is 25.1 Å². The number of ether oxygens (including phenoxy) is 4. The first kappa shape index (κ1) is 38.4. The van der Waals surface area contributed by atoms with Crippen molar-refractivity contribution in [3.8, 4) is 11.5 Å². The highest BCUT2D eigenvalue weighted by atomic mass is 19.1. The maximum Gasteiger partial charge on any atom is 0.482 e. The van der Waals surface area contributed by atoms with E-state index in [1.165, 1.54) is 26.4 Å². The Morgan fingerprint density at radius 1 is 0.961 bits per heavy atom. The molecule has 2 amide bonds. The molecule has 2 aromatic rings. The number of nitrogens with one attached hydrogen (secondary N) is 2. The summed E-state index contributed by atoms with van der Waals surface area (Å²) in [6, 6.07) is 7.63.